The van der Waals surface area contributed by atoms with Gasteiger partial charge in [0.05, 0.1) is 25.3 Å². The molecular formula is C38H56N2O4. The van der Waals surface area contributed by atoms with Crippen molar-refractivity contribution in [1.82, 2.24) is 9.80 Å². The van der Waals surface area contributed by atoms with Crippen LogP contribution < -0.4 is 0 Å². The second-order valence-corrected chi connectivity index (χ2v) is 16.1. The van der Waals surface area contributed by atoms with Crippen LogP contribution in [0.5, 0.6) is 0 Å². The Morgan fingerprint density at radius 3 is 1.27 bits per heavy atom. The number of amides is 2. The average molecular weight is 605 g/mol. The van der Waals surface area contributed by atoms with Gasteiger partial charge in [0.25, 0.3) is 0 Å². The summed E-state index contributed by atoms with van der Waals surface area (Å²) in [5.41, 5.74) is 0.619. The van der Waals surface area contributed by atoms with Gasteiger partial charge in [0.15, 0.2) is 0 Å². The van der Waals surface area contributed by atoms with Gasteiger partial charge in [-0.05, 0) is 74.3 Å². The van der Waals surface area contributed by atoms with E-state index >= 15 is 0 Å². The van der Waals surface area contributed by atoms with Crippen LogP contribution in [0.15, 0.2) is 60.7 Å². The summed E-state index contributed by atoms with van der Waals surface area (Å²) in [5, 5.41) is 0. The lowest BCUT2D eigenvalue weighted by Gasteiger charge is -2.46. The molecule has 0 aromatic heterocycles. The van der Waals surface area contributed by atoms with Crippen LogP contribution in [-0.4, -0.2) is 58.4 Å². The lowest BCUT2D eigenvalue weighted by Crippen LogP contribution is -2.52. The summed E-state index contributed by atoms with van der Waals surface area (Å²) in [6, 6.07) is 20.6. The number of hydrogen-bond donors (Lipinski definition) is 0. The van der Waals surface area contributed by atoms with Crippen molar-refractivity contribution in [1.29, 1.82) is 0 Å². The van der Waals surface area contributed by atoms with E-state index in [-0.39, 0.29) is 46.6 Å². The van der Waals surface area contributed by atoms with Crippen LogP contribution in [0.4, 0.5) is 0 Å². The maximum absolute atomic E-state index is 14.4. The summed E-state index contributed by atoms with van der Waals surface area (Å²) in [5.74, 6) is 0.155. The highest BCUT2D eigenvalue weighted by molar-refractivity contribution is 5.79. The zero-order valence-electron chi connectivity index (χ0n) is 28.9. The Morgan fingerprint density at radius 1 is 0.659 bits per heavy atom. The van der Waals surface area contributed by atoms with Crippen molar-refractivity contribution in [2.75, 3.05) is 13.2 Å². The molecule has 2 fully saturated rings. The largest absolute Gasteiger partial charge is 0.354 e. The summed E-state index contributed by atoms with van der Waals surface area (Å²) in [7, 11) is 0. The first-order chi connectivity index (χ1) is 20.4. The minimum atomic E-state index is -0.687. The van der Waals surface area contributed by atoms with Crippen LogP contribution in [0.25, 0.3) is 0 Å². The highest BCUT2D eigenvalue weighted by Crippen LogP contribution is 2.47. The zero-order valence-corrected chi connectivity index (χ0v) is 28.9. The standard InChI is InChI=1S/C38H56N2O4/c1-35(2,3)31(23-33(41)39-29(25-43-37(39,7)8)21-27-17-13-11-14-18-27)32(36(4,5)6)24-34(42)40-30(26-44-38(40,9)10)22-28-19-15-12-16-20-28/h11-20,29-32H,21-26H2,1-10H3/t29-,30-,31+,32+/m0/s1. The topological polar surface area (TPSA) is 59.1 Å². The summed E-state index contributed by atoms with van der Waals surface area (Å²) in [6.07, 6.45) is 2.24. The molecule has 2 aromatic carbocycles. The van der Waals surface area contributed by atoms with Crippen LogP contribution in [-0.2, 0) is 31.9 Å². The number of benzene rings is 2. The maximum atomic E-state index is 14.4. The van der Waals surface area contributed by atoms with Gasteiger partial charge in [0, 0.05) is 12.8 Å². The van der Waals surface area contributed by atoms with Gasteiger partial charge in [-0.15, -0.1) is 0 Å². The molecule has 44 heavy (non-hydrogen) atoms. The summed E-state index contributed by atoms with van der Waals surface area (Å²) >= 11 is 0. The van der Waals surface area contributed by atoms with Crippen molar-refractivity contribution in [3.05, 3.63) is 71.8 Å². The molecule has 242 valence electrons. The van der Waals surface area contributed by atoms with Gasteiger partial charge in [-0.25, -0.2) is 0 Å². The van der Waals surface area contributed by atoms with Gasteiger partial charge in [0.1, 0.15) is 11.4 Å². The molecule has 0 spiro atoms. The Bertz CT molecular complexity index is 1160. The van der Waals surface area contributed by atoms with E-state index in [1.807, 2.05) is 73.9 Å². The number of nitrogens with zero attached hydrogens (tertiary/aromatic N) is 2. The third-order valence-corrected chi connectivity index (χ3v) is 9.81. The molecule has 0 N–H and O–H groups in total. The van der Waals surface area contributed by atoms with Crippen LogP contribution in [0.3, 0.4) is 0 Å². The van der Waals surface area contributed by atoms with Crippen molar-refractivity contribution in [3.8, 4) is 0 Å². The van der Waals surface area contributed by atoms with Crippen molar-refractivity contribution in [2.24, 2.45) is 22.7 Å². The Labute approximate surface area is 266 Å². The van der Waals surface area contributed by atoms with Gasteiger partial charge < -0.3 is 19.3 Å². The number of rotatable bonds is 9. The maximum Gasteiger partial charge on any atom is 0.225 e. The molecule has 4 atom stereocenters. The van der Waals surface area contributed by atoms with E-state index in [0.717, 1.165) is 12.8 Å². The van der Waals surface area contributed by atoms with E-state index < -0.39 is 11.4 Å². The van der Waals surface area contributed by atoms with Gasteiger partial charge >= 0.3 is 0 Å². The van der Waals surface area contributed by atoms with Crippen molar-refractivity contribution in [3.63, 3.8) is 0 Å². The van der Waals surface area contributed by atoms with E-state index in [9.17, 15) is 9.59 Å². The number of carbonyl (C=O) groups is 2. The van der Waals surface area contributed by atoms with E-state index in [0.29, 0.717) is 26.1 Å². The zero-order chi connectivity index (χ0) is 32.5. The summed E-state index contributed by atoms with van der Waals surface area (Å²) in [4.78, 5) is 32.7. The molecule has 0 radical (unpaired) electrons. The Balaban J connectivity index is 1.59. The normalized spacial score (nSPS) is 23.0. The predicted octanol–water partition coefficient (Wildman–Crippen LogP) is 7.50. The van der Waals surface area contributed by atoms with E-state index in [1.54, 1.807) is 0 Å². The summed E-state index contributed by atoms with van der Waals surface area (Å²) in [6.45, 7) is 22.3. The van der Waals surface area contributed by atoms with Crippen LogP contribution >= 0.6 is 0 Å². The lowest BCUT2D eigenvalue weighted by atomic mass is 9.61. The fourth-order valence-corrected chi connectivity index (χ4v) is 7.53. The Kier molecular flexibility index (Phi) is 10.1. The second-order valence-electron chi connectivity index (χ2n) is 16.1. The third kappa shape index (κ3) is 7.92. The quantitative estimate of drug-likeness (QED) is 0.297. The van der Waals surface area contributed by atoms with Crippen molar-refractivity contribution >= 4 is 11.8 Å². The molecule has 2 heterocycles. The average Bonchev–Trinajstić information content (AvgIpc) is 3.39. The minimum absolute atomic E-state index is 0.0214. The highest BCUT2D eigenvalue weighted by atomic mass is 16.5. The monoisotopic (exact) mass is 604 g/mol. The van der Waals surface area contributed by atoms with Gasteiger partial charge in [0.2, 0.25) is 11.8 Å². The molecule has 2 saturated heterocycles. The van der Waals surface area contributed by atoms with E-state index in [4.69, 9.17) is 9.47 Å². The fraction of sp³-hybridized carbons (Fsp3) is 0.632. The molecule has 0 bridgehead atoms. The molecule has 2 aliphatic heterocycles. The van der Waals surface area contributed by atoms with Gasteiger partial charge in [-0.1, -0.05) is 102 Å². The molecular weight excluding hydrogens is 548 g/mol. The smallest absolute Gasteiger partial charge is 0.225 e. The third-order valence-electron chi connectivity index (χ3n) is 9.81. The molecule has 4 rings (SSSR count). The Morgan fingerprint density at radius 2 is 0.977 bits per heavy atom. The highest BCUT2D eigenvalue weighted by Gasteiger charge is 2.49. The first-order valence-electron chi connectivity index (χ1n) is 16.4. The van der Waals surface area contributed by atoms with Crippen molar-refractivity contribution in [2.45, 2.75) is 118 Å². The number of ether oxygens (including phenoxy) is 2. The molecule has 6 nitrogen and oxygen atoms in total. The van der Waals surface area contributed by atoms with Crippen LogP contribution in [0.2, 0.25) is 0 Å². The van der Waals surface area contributed by atoms with Crippen LogP contribution in [0, 0.1) is 22.7 Å². The molecule has 0 unspecified atom stereocenters. The molecule has 2 aliphatic rings. The first kappa shape index (κ1) is 34.2. The number of carbonyl (C=O) groups excluding carboxylic acids is 2. The van der Waals surface area contributed by atoms with Gasteiger partial charge in [-0.3, -0.25) is 9.59 Å². The lowest BCUT2D eigenvalue weighted by molar-refractivity contribution is -0.154. The number of hydrogen-bond acceptors (Lipinski definition) is 4. The van der Waals surface area contributed by atoms with E-state index in [1.165, 1.54) is 11.1 Å². The molecule has 0 aliphatic carbocycles. The molecule has 0 saturated carbocycles. The Hall–Kier alpha value is -2.70. The summed E-state index contributed by atoms with van der Waals surface area (Å²) < 4.78 is 12.4. The van der Waals surface area contributed by atoms with Gasteiger partial charge in [-0.2, -0.15) is 0 Å². The predicted molar refractivity (Wildman–Crippen MR) is 177 cm³/mol. The van der Waals surface area contributed by atoms with Crippen molar-refractivity contribution < 1.29 is 19.1 Å². The minimum Gasteiger partial charge on any atom is -0.354 e. The first-order valence-corrected chi connectivity index (χ1v) is 16.4. The SMILES string of the molecule is CC(C)(C)[C@H](CC(=O)N1[C@@H](Cc2ccccc2)COC1(C)C)[C@@H](CC(=O)N1[C@@H](Cc2ccccc2)COC1(C)C)C(C)(C)C. The molecule has 6 heteroatoms. The van der Waals surface area contributed by atoms with E-state index in [2.05, 4.69) is 65.8 Å². The molecule has 2 aromatic rings. The second kappa shape index (κ2) is 13.0. The fourth-order valence-electron chi connectivity index (χ4n) is 7.53. The molecule has 2 amide bonds. The van der Waals surface area contributed by atoms with Crippen LogP contribution in [0.1, 0.15) is 93.2 Å².